The van der Waals surface area contributed by atoms with Crippen LogP contribution in [0.4, 0.5) is 4.39 Å². The summed E-state index contributed by atoms with van der Waals surface area (Å²) in [6.45, 7) is 5.89. The van der Waals surface area contributed by atoms with Crippen molar-refractivity contribution in [3.05, 3.63) is 53.0 Å². The first-order valence-corrected chi connectivity index (χ1v) is 7.43. The topological polar surface area (TPSA) is 38.9 Å². The second kappa shape index (κ2) is 6.37. The van der Waals surface area contributed by atoms with Crippen LogP contribution in [0.3, 0.4) is 0 Å². The van der Waals surface area contributed by atoms with Crippen molar-refractivity contribution in [1.29, 1.82) is 0 Å². The largest absolute Gasteiger partial charge is 0.328 e. The lowest BCUT2D eigenvalue weighted by molar-refractivity contribution is 0.592. The van der Waals surface area contributed by atoms with E-state index in [4.69, 9.17) is 5.73 Å². The van der Waals surface area contributed by atoms with E-state index in [1.807, 2.05) is 39.0 Å². The van der Waals surface area contributed by atoms with E-state index in [-0.39, 0.29) is 11.9 Å². The fraction of sp³-hybridized carbons (Fsp3) is 0.312. The molecule has 2 rings (SSSR count). The quantitative estimate of drug-likeness (QED) is 0.928. The van der Waals surface area contributed by atoms with Crippen LogP contribution in [-0.4, -0.2) is 11.0 Å². The number of nitrogens with two attached hydrogens (primary N) is 1. The highest BCUT2D eigenvalue weighted by Gasteiger charge is 2.12. The minimum atomic E-state index is -0.214. The Bertz CT molecular complexity index is 591. The maximum Gasteiger partial charge on any atom is 0.137 e. The molecule has 0 radical (unpaired) electrons. The highest BCUT2D eigenvalue weighted by atomic mass is 32.2. The number of hydrogen-bond donors (Lipinski definition) is 1. The van der Waals surface area contributed by atoms with E-state index < -0.39 is 0 Å². The third-order valence-electron chi connectivity index (χ3n) is 2.87. The number of pyridine rings is 1. The fourth-order valence-corrected chi connectivity index (χ4v) is 3.23. The van der Waals surface area contributed by atoms with E-state index in [9.17, 15) is 4.39 Å². The Morgan fingerprint density at radius 1 is 1.30 bits per heavy atom. The molecule has 106 valence electrons. The van der Waals surface area contributed by atoms with Gasteiger partial charge < -0.3 is 5.73 Å². The van der Waals surface area contributed by atoms with Crippen molar-refractivity contribution >= 4 is 11.8 Å². The number of nitrogens with zero attached hydrogens (tertiary/aromatic N) is 1. The average Bonchev–Trinajstić information content (AvgIpc) is 2.31. The number of rotatable bonds is 4. The molecule has 0 aliphatic heterocycles. The van der Waals surface area contributed by atoms with Crippen molar-refractivity contribution in [3.8, 4) is 0 Å². The molecule has 1 heterocycles. The Hall–Kier alpha value is -1.39. The average molecular weight is 290 g/mol. The van der Waals surface area contributed by atoms with Crippen LogP contribution in [0.25, 0.3) is 0 Å². The van der Waals surface area contributed by atoms with Gasteiger partial charge in [0.1, 0.15) is 10.8 Å². The van der Waals surface area contributed by atoms with Crippen LogP contribution in [0.1, 0.15) is 23.7 Å². The molecule has 0 saturated heterocycles. The molecule has 1 unspecified atom stereocenters. The minimum absolute atomic E-state index is 0.00311. The first-order chi connectivity index (χ1) is 9.45. The summed E-state index contributed by atoms with van der Waals surface area (Å²) in [4.78, 5) is 5.08. The van der Waals surface area contributed by atoms with Crippen LogP contribution < -0.4 is 5.73 Å². The van der Waals surface area contributed by atoms with Crippen LogP contribution >= 0.6 is 11.8 Å². The normalized spacial score (nSPS) is 12.4. The molecule has 2 N–H and O–H groups in total. The summed E-state index contributed by atoms with van der Waals surface area (Å²) in [6.07, 6.45) is 0.658. The lowest BCUT2D eigenvalue weighted by Crippen LogP contribution is -2.18. The molecule has 0 bridgehead atoms. The Morgan fingerprint density at radius 2 is 2.05 bits per heavy atom. The summed E-state index contributed by atoms with van der Waals surface area (Å²) in [6, 6.07) is 9.12. The highest BCUT2D eigenvalue weighted by Crippen LogP contribution is 2.32. The van der Waals surface area contributed by atoms with Gasteiger partial charge >= 0.3 is 0 Å². The van der Waals surface area contributed by atoms with Crippen molar-refractivity contribution in [2.45, 2.75) is 43.2 Å². The van der Waals surface area contributed by atoms with Crippen molar-refractivity contribution in [3.63, 3.8) is 0 Å². The summed E-state index contributed by atoms with van der Waals surface area (Å²) in [7, 11) is 0. The molecule has 0 fully saturated rings. The summed E-state index contributed by atoms with van der Waals surface area (Å²) in [5, 5.41) is 0.818. The Balaban J connectivity index is 2.36. The summed E-state index contributed by atoms with van der Waals surface area (Å²) in [5.74, 6) is -0.214. The van der Waals surface area contributed by atoms with E-state index in [2.05, 4.69) is 4.98 Å². The number of hydrogen-bond acceptors (Lipinski definition) is 3. The zero-order valence-corrected chi connectivity index (χ0v) is 12.8. The fourth-order valence-electron chi connectivity index (χ4n) is 2.14. The number of aryl methyl sites for hydroxylation is 2. The maximum absolute atomic E-state index is 14.1. The van der Waals surface area contributed by atoms with Gasteiger partial charge in [0.05, 0.1) is 4.90 Å². The van der Waals surface area contributed by atoms with E-state index in [0.717, 1.165) is 21.8 Å². The van der Waals surface area contributed by atoms with Gasteiger partial charge in [0.2, 0.25) is 0 Å². The van der Waals surface area contributed by atoms with Crippen LogP contribution in [0.2, 0.25) is 0 Å². The molecular formula is C16H19FN2S. The van der Waals surface area contributed by atoms with Crippen molar-refractivity contribution in [1.82, 2.24) is 4.98 Å². The Morgan fingerprint density at radius 3 is 2.70 bits per heavy atom. The van der Waals surface area contributed by atoms with E-state index >= 15 is 0 Å². The lowest BCUT2D eigenvalue weighted by atomic mass is 10.1. The predicted molar refractivity (Wildman–Crippen MR) is 81.6 cm³/mol. The summed E-state index contributed by atoms with van der Waals surface area (Å²) in [5.41, 5.74) is 8.85. The Labute approximate surface area is 123 Å². The molecule has 2 aromatic rings. The van der Waals surface area contributed by atoms with Crippen LogP contribution in [0.5, 0.6) is 0 Å². The minimum Gasteiger partial charge on any atom is -0.328 e. The molecule has 1 atom stereocenters. The van der Waals surface area contributed by atoms with Gasteiger partial charge in [-0.2, -0.15) is 0 Å². The van der Waals surface area contributed by atoms with E-state index in [0.29, 0.717) is 11.3 Å². The maximum atomic E-state index is 14.1. The van der Waals surface area contributed by atoms with Crippen molar-refractivity contribution in [2.75, 3.05) is 0 Å². The third kappa shape index (κ3) is 3.81. The Kier molecular flexibility index (Phi) is 4.78. The molecule has 0 aliphatic rings. The molecule has 1 aromatic heterocycles. The first-order valence-electron chi connectivity index (χ1n) is 6.62. The van der Waals surface area contributed by atoms with E-state index in [1.165, 1.54) is 17.8 Å². The number of halogens is 1. The summed E-state index contributed by atoms with van der Waals surface area (Å²) < 4.78 is 14.1. The molecule has 1 aromatic carbocycles. The molecule has 20 heavy (non-hydrogen) atoms. The SMILES string of the molecule is Cc1cc(C)nc(Sc2c(F)cccc2CC(C)N)c1. The third-order valence-corrected chi connectivity index (χ3v) is 3.95. The predicted octanol–water partition coefficient (Wildman–Crippen LogP) is 3.88. The van der Waals surface area contributed by atoms with Gasteiger partial charge in [0, 0.05) is 11.7 Å². The van der Waals surface area contributed by atoms with Crippen LogP contribution in [0.15, 0.2) is 40.3 Å². The second-order valence-electron chi connectivity index (χ2n) is 5.14. The van der Waals surface area contributed by atoms with Gasteiger partial charge in [-0.3, -0.25) is 0 Å². The molecule has 0 saturated carbocycles. The standard InChI is InChI=1S/C16H19FN2S/c1-10-7-12(3)19-15(8-10)20-16-13(9-11(2)18)5-4-6-14(16)17/h4-8,11H,9,18H2,1-3H3. The molecular weight excluding hydrogens is 271 g/mol. The lowest BCUT2D eigenvalue weighted by Gasteiger charge is -2.12. The smallest absolute Gasteiger partial charge is 0.137 e. The van der Waals surface area contributed by atoms with Gasteiger partial charge in [0.25, 0.3) is 0 Å². The van der Waals surface area contributed by atoms with Crippen molar-refractivity contribution in [2.24, 2.45) is 5.73 Å². The molecule has 0 amide bonds. The summed E-state index contributed by atoms with van der Waals surface area (Å²) >= 11 is 1.37. The van der Waals surface area contributed by atoms with Gasteiger partial charge in [-0.15, -0.1) is 0 Å². The number of aromatic nitrogens is 1. The second-order valence-corrected chi connectivity index (χ2v) is 6.17. The van der Waals surface area contributed by atoms with Gasteiger partial charge in [-0.25, -0.2) is 9.37 Å². The van der Waals surface area contributed by atoms with Crippen molar-refractivity contribution < 1.29 is 4.39 Å². The van der Waals surface area contributed by atoms with Gasteiger partial charge in [-0.05, 0) is 56.5 Å². The van der Waals surface area contributed by atoms with Crippen LogP contribution in [-0.2, 0) is 6.42 Å². The number of benzene rings is 1. The van der Waals surface area contributed by atoms with Gasteiger partial charge in [0.15, 0.2) is 0 Å². The molecule has 0 aliphatic carbocycles. The molecule has 0 spiro atoms. The highest BCUT2D eigenvalue weighted by molar-refractivity contribution is 7.99. The molecule has 2 nitrogen and oxygen atoms in total. The zero-order chi connectivity index (χ0) is 14.7. The van der Waals surface area contributed by atoms with E-state index in [1.54, 1.807) is 6.07 Å². The first kappa shape index (κ1) is 15.0. The zero-order valence-electron chi connectivity index (χ0n) is 12.0. The monoisotopic (exact) mass is 290 g/mol. The van der Waals surface area contributed by atoms with Gasteiger partial charge in [-0.1, -0.05) is 23.9 Å². The molecule has 4 heteroatoms. The van der Waals surface area contributed by atoms with Crippen LogP contribution in [0, 0.1) is 19.7 Å².